The third kappa shape index (κ3) is 2.71. The molecule has 2 N–H and O–H groups in total. The van der Waals surface area contributed by atoms with Crippen LogP contribution < -0.4 is 10.7 Å². The molecule has 0 aliphatic carbocycles. The van der Waals surface area contributed by atoms with Gasteiger partial charge in [-0.3, -0.25) is 14.7 Å². The highest BCUT2D eigenvalue weighted by Crippen LogP contribution is 2.15. The lowest BCUT2D eigenvalue weighted by atomic mass is 10.1. The third-order valence-electron chi connectivity index (χ3n) is 3.22. The number of H-pyrrole nitrogens is 1. The number of fused-ring (bicyclic) bond motifs is 1. The number of aryl methyl sites for hydroxylation is 1. The lowest BCUT2D eigenvalue weighted by molar-refractivity contribution is 0.102. The van der Waals surface area contributed by atoms with Crippen molar-refractivity contribution in [1.29, 1.82) is 0 Å². The summed E-state index contributed by atoms with van der Waals surface area (Å²) in [7, 11) is 0. The smallest absolute Gasteiger partial charge is 0.280 e. The van der Waals surface area contributed by atoms with Crippen LogP contribution in [0.25, 0.3) is 10.9 Å². The van der Waals surface area contributed by atoms with Crippen LogP contribution >= 0.6 is 11.6 Å². The van der Waals surface area contributed by atoms with Crippen molar-refractivity contribution in [2.24, 2.45) is 0 Å². The molecule has 0 aliphatic heterocycles. The second kappa shape index (κ2) is 5.61. The van der Waals surface area contributed by atoms with Crippen LogP contribution in [-0.2, 0) is 0 Å². The number of aromatic nitrogens is 2. The molecule has 0 spiro atoms. The van der Waals surface area contributed by atoms with Gasteiger partial charge in [0.15, 0.2) is 5.69 Å². The average molecular weight is 314 g/mol. The van der Waals surface area contributed by atoms with E-state index in [0.29, 0.717) is 21.6 Å². The Labute approximate surface area is 130 Å². The van der Waals surface area contributed by atoms with Gasteiger partial charge in [0, 0.05) is 16.1 Å². The number of nitrogens with one attached hydrogen (secondary N) is 2. The van der Waals surface area contributed by atoms with Crippen molar-refractivity contribution in [2.75, 3.05) is 5.32 Å². The molecule has 0 radical (unpaired) electrons. The van der Waals surface area contributed by atoms with Gasteiger partial charge in [-0.05, 0) is 37.3 Å². The Balaban J connectivity index is 2.01. The summed E-state index contributed by atoms with van der Waals surface area (Å²) in [6.07, 6.45) is 0. The van der Waals surface area contributed by atoms with Gasteiger partial charge in [-0.15, -0.1) is 0 Å². The number of aromatic amines is 1. The number of carbonyl (C=O) groups is 1. The number of amides is 1. The van der Waals surface area contributed by atoms with E-state index in [1.54, 1.807) is 36.4 Å². The molecule has 0 saturated carbocycles. The quantitative estimate of drug-likeness (QED) is 0.763. The van der Waals surface area contributed by atoms with E-state index in [1.165, 1.54) is 0 Å². The fraction of sp³-hybridized carbons (Fsp3) is 0.0625. The number of halogens is 1. The number of nitrogens with zero attached hydrogens (tertiary/aromatic N) is 1. The minimum atomic E-state index is -0.577. The predicted molar refractivity (Wildman–Crippen MR) is 86.5 cm³/mol. The third-order valence-corrected chi connectivity index (χ3v) is 3.46. The molecule has 3 aromatic rings. The first-order valence-corrected chi connectivity index (χ1v) is 6.98. The van der Waals surface area contributed by atoms with E-state index in [4.69, 9.17) is 11.6 Å². The first-order chi connectivity index (χ1) is 10.5. The molecule has 5 nitrogen and oxygen atoms in total. The minimum absolute atomic E-state index is 0.182. The number of rotatable bonds is 2. The van der Waals surface area contributed by atoms with Crippen LogP contribution in [0.4, 0.5) is 5.69 Å². The lowest BCUT2D eigenvalue weighted by Crippen LogP contribution is -2.24. The zero-order chi connectivity index (χ0) is 15.7. The van der Waals surface area contributed by atoms with Crippen molar-refractivity contribution in [1.82, 2.24) is 10.2 Å². The van der Waals surface area contributed by atoms with Gasteiger partial charge in [-0.1, -0.05) is 29.3 Å². The molecule has 0 saturated heterocycles. The van der Waals surface area contributed by atoms with Crippen LogP contribution in [0.1, 0.15) is 16.1 Å². The molecule has 110 valence electrons. The summed E-state index contributed by atoms with van der Waals surface area (Å²) in [6, 6.07) is 12.0. The normalized spacial score (nSPS) is 10.6. The highest BCUT2D eigenvalue weighted by atomic mass is 35.5. The van der Waals surface area contributed by atoms with E-state index in [0.717, 1.165) is 5.56 Å². The van der Waals surface area contributed by atoms with E-state index in [-0.39, 0.29) is 5.69 Å². The van der Waals surface area contributed by atoms with Crippen molar-refractivity contribution in [3.63, 3.8) is 0 Å². The Kier molecular flexibility index (Phi) is 3.65. The topological polar surface area (TPSA) is 74.8 Å². The van der Waals surface area contributed by atoms with Gasteiger partial charge in [0.2, 0.25) is 5.43 Å². The summed E-state index contributed by atoms with van der Waals surface area (Å²) < 4.78 is 0. The maximum absolute atomic E-state index is 12.4. The molecular weight excluding hydrogens is 302 g/mol. The highest BCUT2D eigenvalue weighted by molar-refractivity contribution is 6.30. The van der Waals surface area contributed by atoms with Crippen LogP contribution in [0.3, 0.4) is 0 Å². The summed E-state index contributed by atoms with van der Waals surface area (Å²) in [5, 5.41) is 10.1. The summed E-state index contributed by atoms with van der Waals surface area (Å²) in [6.45, 7) is 1.88. The number of hydrogen-bond acceptors (Lipinski definition) is 3. The number of benzene rings is 2. The molecule has 0 unspecified atom stereocenters. The molecule has 3 rings (SSSR count). The first kappa shape index (κ1) is 14.3. The second-order valence-electron chi connectivity index (χ2n) is 4.91. The highest BCUT2D eigenvalue weighted by Gasteiger charge is 2.15. The monoisotopic (exact) mass is 313 g/mol. The summed E-state index contributed by atoms with van der Waals surface area (Å²) in [5.74, 6) is -0.577. The molecule has 0 atom stereocenters. The molecule has 0 bridgehead atoms. The maximum atomic E-state index is 12.4. The molecule has 1 amide bonds. The zero-order valence-corrected chi connectivity index (χ0v) is 12.4. The Morgan fingerprint density at radius 1 is 1.23 bits per heavy atom. The van der Waals surface area contributed by atoms with Crippen LogP contribution in [0, 0.1) is 6.92 Å². The van der Waals surface area contributed by atoms with Gasteiger partial charge < -0.3 is 5.32 Å². The molecule has 0 aliphatic rings. The largest absolute Gasteiger partial charge is 0.320 e. The molecular formula is C16H12ClN3O2. The van der Waals surface area contributed by atoms with Crippen LogP contribution in [0.2, 0.25) is 5.02 Å². The summed E-state index contributed by atoms with van der Waals surface area (Å²) in [4.78, 5) is 24.6. The summed E-state index contributed by atoms with van der Waals surface area (Å²) in [5.41, 5.74) is 1.44. The SMILES string of the molecule is Cc1ccc2[nH]nc(C(=O)Nc3cccc(Cl)c3)c(=O)c2c1. The van der Waals surface area contributed by atoms with E-state index < -0.39 is 11.3 Å². The fourth-order valence-corrected chi connectivity index (χ4v) is 2.34. The lowest BCUT2D eigenvalue weighted by Gasteiger charge is -2.05. The van der Waals surface area contributed by atoms with Gasteiger partial charge in [0.25, 0.3) is 5.91 Å². The van der Waals surface area contributed by atoms with Crippen LogP contribution in [0.5, 0.6) is 0 Å². The second-order valence-corrected chi connectivity index (χ2v) is 5.35. The van der Waals surface area contributed by atoms with Gasteiger partial charge >= 0.3 is 0 Å². The van der Waals surface area contributed by atoms with Crippen LogP contribution in [-0.4, -0.2) is 16.1 Å². The van der Waals surface area contributed by atoms with E-state index in [9.17, 15) is 9.59 Å². The Morgan fingerprint density at radius 2 is 2.05 bits per heavy atom. The van der Waals surface area contributed by atoms with Crippen molar-refractivity contribution >= 4 is 34.1 Å². The van der Waals surface area contributed by atoms with Gasteiger partial charge in [-0.25, -0.2) is 0 Å². The fourth-order valence-electron chi connectivity index (χ4n) is 2.15. The molecule has 1 aromatic heterocycles. The van der Waals surface area contributed by atoms with Crippen molar-refractivity contribution in [3.05, 3.63) is 69.0 Å². The Hall–Kier alpha value is -2.66. The van der Waals surface area contributed by atoms with Crippen LogP contribution in [0.15, 0.2) is 47.3 Å². The van der Waals surface area contributed by atoms with E-state index >= 15 is 0 Å². The standard InChI is InChI=1S/C16H12ClN3O2/c1-9-5-6-13-12(7-9)15(21)14(20-19-13)16(22)18-11-4-2-3-10(17)8-11/h2-8H,1H3,(H,18,22)(H,19,21). The van der Waals surface area contributed by atoms with E-state index in [1.807, 2.05) is 13.0 Å². The average Bonchev–Trinajstić information content (AvgIpc) is 2.48. The predicted octanol–water partition coefficient (Wildman–Crippen LogP) is 3.14. The maximum Gasteiger partial charge on any atom is 0.280 e. The van der Waals surface area contributed by atoms with Gasteiger partial charge in [-0.2, -0.15) is 5.10 Å². The Morgan fingerprint density at radius 3 is 2.82 bits per heavy atom. The number of hydrogen-bond donors (Lipinski definition) is 2. The zero-order valence-electron chi connectivity index (χ0n) is 11.7. The first-order valence-electron chi connectivity index (χ1n) is 6.60. The number of carbonyl (C=O) groups excluding carboxylic acids is 1. The van der Waals surface area contributed by atoms with Crippen molar-refractivity contribution in [3.8, 4) is 0 Å². The Bertz CT molecular complexity index is 934. The molecule has 6 heteroatoms. The molecule has 1 heterocycles. The van der Waals surface area contributed by atoms with Gasteiger partial charge in [0.1, 0.15) is 0 Å². The van der Waals surface area contributed by atoms with Gasteiger partial charge in [0.05, 0.1) is 5.52 Å². The minimum Gasteiger partial charge on any atom is -0.320 e. The molecule has 2 aromatic carbocycles. The number of anilines is 1. The molecule has 22 heavy (non-hydrogen) atoms. The van der Waals surface area contributed by atoms with E-state index in [2.05, 4.69) is 15.5 Å². The van der Waals surface area contributed by atoms with Crippen molar-refractivity contribution in [2.45, 2.75) is 6.92 Å². The van der Waals surface area contributed by atoms with Crippen molar-refractivity contribution < 1.29 is 4.79 Å². The molecule has 0 fully saturated rings. The summed E-state index contributed by atoms with van der Waals surface area (Å²) >= 11 is 5.87.